The molecule has 2 N–H and O–H groups in total. The van der Waals surface area contributed by atoms with Gasteiger partial charge in [0.1, 0.15) is 0 Å². The summed E-state index contributed by atoms with van der Waals surface area (Å²) in [5.41, 5.74) is 23.6. The Kier molecular flexibility index (Phi) is 14.0. The quantitative estimate of drug-likeness (QED) is 0.160. The number of rotatable bonds is 1. The van der Waals surface area contributed by atoms with Crippen LogP contribution in [-0.2, 0) is 30.5 Å². The topological polar surface area (TPSA) is 83.0 Å². The molecular weight excluding hydrogens is 868 g/mol. The summed E-state index contributed by atoms with van der Waals surface area (Å²) >= 11 is 12.4. The van der Waals surface area contributed by atoms with Gasteiger partial charge in [-0.25, -0.2) is 0 Å². The molecule has 3 aliphatic heterocycles. The average molecular weight is 924 g/mol. The number of likely N-dealkylation sites (tertiary alicyclic amines) is 1. The number of piperidine rings is 3. The van der Waals surface area contributed by atoms with Crippen LogP contribution < -0.4 is 10.6 Å². The highest BCUT2D eigenvalue weighted by Gasteiger charge is 2.26. The van der Waals surface area contributed by atoms with Crippen molar-refractivity contribution in [2.75, 3.05) is 39.3 Å². The van der Waals surface area contributed by atoms with Gasteiger partial charge in [-0.05, 0) is 177 Å². The summed E-state index contributed by atoms with van der Waals surface area (Å²) in [7, 11) is 0. The number of nitrogens with one attached hydrogen (secondary N) is 2. The molecule has 3 aliphatic carbocycles. The first-order valence-electron chi connectivity index (χ1n) is 24.0. The van der Waals surface area contributed by atoms with Crippen molar-refractivity contribution in [3.63, 3.8) is 0 Å². The molecule has 1 amide bonds. The summed E-state index contributed by atoms with van der Waals surface area (Å²) in [6, 6.07) is 33.9. The highest BCUT2D eigenvalue weighted by molar-refractivity contribution is 6.31. The van der Waals surface area contributed by atoms with E-state index in [0.717, 1.165) is 131 Å². The van der Waals surface area contributed by atoms with E-state index in [1.165, 1.54) is 83.6 Å². The number of aromatic nitrogens is 3. The standard InChI is InChI=1S/C20H19ClN2O.C19H17ClN2.C19H20N2/c21-17-5-6-18-16(12-17)4-3-15-2-1-9-22-20(15)19(18)14-7-10-23(13-24)11-8-14;20-16-5-6-17-15(12-16)4-3-14-2-1-9-22-19(14)18(17)13-7-10-21-11-8-13;1-2-6-17-14(4-1)7-8-16-5-3-11-21-19(16)18(17)15-9-12-20-13-10-15/h1-2,5-6,9,12-13H,3-4,7-8,10-11H2;1-6,9,12,21H,7-8,10-11H2;1-6,11,20H,7-10,12-13H2. The summed E-state index contributed by atoms with van der Waals surface area (Å²) in [5, 5.41) is 8.46. The Bertz CT molecular complexity index is 2870. The minimum Gasteiger partial charge on any atom is -0.345 e. The van der Waals surface area contributed by atoms with Crippen molar-refractivity contribution in [3.8, 4) is 0 Å². The fraction of sp³-hybridized carbons (Fsp3) is 0.276. The zero-order chi connectivity index (χ0) is 45.5. The highest BCUT2D eigenvalue weighted by Crippen LogP contribution is 2.41. The van der Waals surface area contributed by atoms with Crippen LogP contribution in [0.5, 0.6) is 0 Å². The second-order valence-electron chi connectivity index (χ2n) is 18.1. The molecule has 0 bridgehead atoms. The van der Waals surface area contributed by atoms with Crippen LogP contribution in [-0.4, -0.2) is 65.5 Å². The van der Waals surface area contributed by atoms with Crippen LogP contribution in [0.3, 0.4) is 0 Å². The summed E-state index contributed by atoms with van der Waals surface area (Å²) in [4.78, 5) is 27.0. The lowest BCUT2D eigenvalue weighted by Crippen LogP contribution is -2.29. The van der Waals surface area contributed by atoms with E-state index in [4.69, 9.17) is 38.2 Å². The number of fused-ring (bicyclic) bond motifs is 6. The minimum atomic E-state index is 0.775. The number of aryl methyl sites for hydroxylation is 4. The average Bonchev–Trinajstić information content (AvgIpc) is 3.74. The van der Waals surface area contributed by atoms with Crippen LogP contribution in [0.15, 0.2) is 132 Å². The molecular formula is C58H56Cl2N6O. The van der Waals surface area contributed by atoms with Crippen LogP contribution in [0.2, 0.25) is 10.0 Å². The van der Waals surface area contributed by atoms with Gasteiger partial charge in [-0.2, -0.15) is 0 Å². The normalized spacial score (nSPS) is 17.3. The molecule has 3 aromatic heterocycles. The molecule has 3 saturated heterocycles. The second-order valence-corrected chi connectivity index (χ2v) is 18.9. The SMILES string of the molecule is Clc1ccc2c(c1)C=Cc1cccnc1C2=C1CCNCC1.O=CN1CCC(=C2c3ccc(Cl)cc3CCc3cccnc32)CC1.c1ccc2c(c1)CCc1cccnc1C2=C1CCNCC1. The highest BCUT2D eigenvalue weighted by atomic mass is 35.5. The number of nitrogens with zero attached hydrogens (tertiary/aromatic N) is 4. The number of pyridine rings is 3. The van der Waals surface area contributed by atoms with Crippen molar-refractivity contribution in [1.29, 1.82) is 0 Å². The van der Waals surface area contributed by atoms with E-state index in [1.54, 1.807) is 5.57 Å². The van der Waals surface area contributed by atoms with E-state index in [1.807, 2.05) is 53.8 Å². The Balaban J connectivity index is 0.000000118. The van der Waals surface area contributed by atoms with E-state index in [0.29, 0.717) is 0 Å². The van der Waals surface area contributed by atoms with E-state index >= 15 is 0 Å². The van der Waals surface area contributed by atoms with Gasteiger partial charge in [0.25, 0.3) is 0 Å². The van der Waals surface area contributed by atoms with E-state index < -0.39 is 0 Å². The van der Waals surface area contributed by atoms with Crippen LogP contribution in [0.25, 0.3) is 28.9 Å². The predicted octanol–water partition coefficient (Wildman–Crippen LogP) is 11.7. The number of carbonyl (C=O) groups excluding carboxylic acids is 1. The van der Waals surface area contributed by atoms with Crippen LogP contribution in [0.4, 0.5) is 0 Å². The number of benzene rings is 3. The monoisotopic (exact) mass is 922 g/mol. The maximum absolute atomic E-state index is 11.0. The van der Waals surface area contributed by atoms with Crippen molar-refractivity contribution in [2.45, 2.75) is 64.2 Å². The van der Waals surface area contributed by atoms with Crippen LogP contribution in [0.1, 0.15) is 106 Å². The molecule has 6 aliphatic rings. The number of amides is 1. The molecule has 3 aromatic carbocycles. The van der Waals surface area contributed by atoms with Crippen molar-refractivity contribution in [1.82, 2.24) is 30.5 Å². The Morgan fingerprint density at radius 3 is 1.57 bits per heavy atom. The van der Waals surface area contributed by atoms with E-state index in [2.05, 4.69) is 89.5 Å². The first kappa shape index (κ1) is 44.9. The zero-order valence-corrected chi connectivity index (χ0v) is 39.5. The molecule has 12 rings (SSSR count). The lowest BCUT2D eigenvalue weighted by molar-refractivity contribution is -0.118. The molecule has 0 spiro atoms. The Labute approximate surface area is 404 Å². The smallest absolute Gasteiger partial charge is 0.209 e. The fourth-order valence-corrected chi connectivity index (χ4v) is 11.0. The molecule has 0 radical (unpaired) electrons. The molecule has 0 saturated carbocycles. The number of hydrogen-bond donors (Lipinski definition) is 2. The van der Waals surface area contributed by atoms with E-state index in [9.17, 15) is 4.79 Å². The fourth-order valence-electron chi connectivity index (χ4n) is 10.7. The van der Waals surface area contributed by atoms with Crippen molar-refractivity contribution < 1.29 is 4.79 Å². The first-order chi connectivity index (χ1) is 33.0. The minimum absolute atomic E-state index is 0.775. The molecule has 3 fully saturated rings. The van der Waals surface area contributed by atoms with Crippen LogP contribution >= 0.6 is 23.2 Å². The van der Waals surface area contributed by atoms with Crippen molar-refractivity contribution in [2.24, 2.45) is 0 Å². The predicted molar refractivity (Wildman–Crippen MR) is 275 cm³/mol. The number of hydrogen-bond acceptors (Lipinski definition) is 6. The van der Waals surface area contributed by atoms with Gasteiger partial charge < -0.3 is 15.5 Å². The summed E-state index contributed by atoms with van der Waals surface area (Å²) in [5.74, 6) is 0. The molecule has 6 aromatic rings. The maximum atomic E-state index is 11.0. The van der Waals surface area contributed by atoms with Crippen molar-refractivity contribution in [3.05, 3.63) is 210 Å². The van der Waals surface area contributed by atoms with Crippen molar-refractivity contribution >= 4 is 58.5 Å². The molecule has 67 heavy (non-hydrogen) atoms. The Hall–Kier alpha value is -5.96. The van der Waals surface area contributed by atoms with Gasteiger partial charge in [-0.15, -0.1) is 0 Å². The van der Waals surface area contributed by atoms with Gasteiger partial charge in [-0.3, -0.25) is 19.7 Å². The summed E-state index contributed by atoms with van der Waals surface area (Å²) < 4.78 is 0. The van der Waals surface area contributed by atoms with E-state index in [-0.39, 0.29) is 0 Å². The van der Waals surface area contributed by atoms with Gasteiger partial charge >= 0.3 is 0 Å². The van der Waals surface area contributed by atoms with Gasteiger partial charge in [-0.1, -0.05) is 107 Å². The summed E-state index contributed by atoms with van der Waals surface area (Å²) in [6.07, 6.45) is 21.4. The molecule has 338 valence electrons. The lowest BCUT2D eigenvalue weighted by atomic mass is 9.89. The molecule has 0 unspecified atom stereocenters. The molecule has 7 nitrogen and oxygen atoms in total. The maximum Gasteiger partial charge on any atom is 0.209 e. The second kappa shape index (κ2) is 20.9. The molecule has 0 atom stereocenters. The third kappa shape index (κ3) is 9.89. The number of halogens is 2. The Morgan fingerprint density at radius 1 is 0.448 bits per heavy atom. The first-order valence-corrected chi connectivity index (χ1v) is 24.7. The summed E-state index contributed by atoms with van der Waals surface area (Å²) in [6.45, 7) is 5.82. The Morgan fingerprint density at radius 2 is 0.925 bits per heavy atom. The third-order valence-electron chi connectivity index (χ3n) is 14.0. The van der Waals surface area contributed by atoms with Gasteiger partial charge in [0.05, 0.1) is 17.1 Å². The zero-order valence-electron chi connectivity index (χ0n) is 38.0. The van der Waals surface area contributed by atoms with Gasteiger partial charge in [0.15, 0.2) is 0 Å². The molecule has 6 heterocycles. The third-order valence-corrected chi connectivity index (χ3v) is 14.5. The lowest BCUT2D eigenvalue weighted by Gasteiger charge is -2.27. The largest absolute Gasteiger partial charge is 0.345 e. The molecule has 9 heteroatoms. The van der Waals surface area contributed by atoms with Crippen LogP contribution in [0, 0.1) is 0 Å². The van der Waals surface area contributed by atoms with Gasteiger partial charge in [0, 0.05) is 64.0 Å². The van der Waals surface area contributed by atoms with Gasteiger partial charge in [0.2, 0.25) is 6.41 Å². The number of carbonyl (C=O) groups is 1.